The number of carbonyl (C=O) groups excluding carboxylic acids is 1. The van der Waals surface area contributed by atoms with E-state index in [4.69, 9.17) is 11.6 Å². The Hall–Kier alpha value is -2.99. The molecule has 2 aromatic carbocycles. The smallest absolute Gasteiger partial charge is 0.247 e. The Bertz CT molecular complexity index is 945. The largest absolute Gasteiger partial charge is 0.340 e. The molecule has 3 rings (SSSR count). The van der Waals surface area contributed by atoms with Crippen LogP contribution >= 0.6 is 11.6 Å². The summed E-state index contributed by atoms with van der Waals surface area (Å²) in [7, 11) is 0. The first-order chi connectivity index (χ1) is 11.6. The number of benzene rings is 2. The van der Waals surface area contributed by atoms with Crippen LogP contribution in [0.2, 0.25) is 5.02 Å². The first kappa shape index (κ1) is 15.9. The van der Waals surface area contributed by atoms with Gasteiger partial charge in [-0.2, -0.15) is 0 Å². The van der Waals surface area contributed by atoms with Crippen molar-refractivity contribution in [3.05, 3.63) is 66.2 Å². The molecule has 0 radical (unpaired) electrons. The third-order valence-corrected chi connectivity index (χ3v) is 3.56. The monoisotopic (exact) mass is 341 g/mol. The molecular formula is C17H12ClFN4O. The Morgan fingerprint density at radius 1 is 1.17 bits per heavy atom. The van der Waals surface area contributed by atoms with Gasteiger partial charge in [-0.1, -0.05) is 18.2 Å². The zero-order valence-electron chi connectivity index (χ0n) is 12.4. The summed E-state index contributed by atoms with van der Waals surface area (Å²) in [5.41, 5.74) is 1.86. The van der Waals surface area contributed by atoms with Crippen molar-refractivity contribution in [3.8, 4) is 0 Å². The number of nitrogens with one attached hydrogen (secondary N) is 2. The SMILES string of the molecule is C=C[11C](=O)Nc1ccc2ncnc(Nc3ccc(F)c(Cl)c3)c2c1. The van der Waals surface area contributed by atoms with Gasteiger partial charge in [-0.3, -0.25) is 4.79 Å². The van der Waals surface area contributed by atoms with Crippen molar-refractivity contribution in [2.24, 2.45) is 0 Å². The summed E-state index contributed by atoms with van der Waals surface area (Å²) < 4.78 is 13.3. The van der Waals surface area contributed by atoms with E-state index in [1.807, 2.05) is 0 Å². The highest BCUT2D eigenvalue weighted by Crippen LogP contribution is 2.27. The van der Waals surface area contributed by atoms with Crippen LogP contribution in [0.1, 0.15) is 0 Å². The molecule has 120 valence electrons. The van der Waals surface area contributed by atoms with E-state index in [1.165, 1.54) is 24.5 Å². The highest BCUT2D eigenvalue weighted by Gasteiger charge is 2.08. The molecular weight excluding hydrogens is 330 g/mol. The minimum atomic E-state index is -0.496. The summed E-state index contributed by atoms with van der Waals surface area (Å²) in [6.07, 6.45) is 2.60. The minimum Gasteiger partial charge on any atom is -0.340 e. The summed E-state index contributed by atoms with van der Waals surface area (Å²) in [4.78, 5) is 19.8. The predicted molar refractivity (Wildman–Crippen MR) is 93.1 cm³/mol. The number of carbonyl (C=O) groups is 1. The number of fused-ring (bicyclic) bond motifs is 1. The highest BCUT2D eigenvalue weighted by molar-refractivity contribution is 6.31. The van der Waals surface area contributed by atoms with E-state index in [0.717, 1.165) is 0 Å². The molecule has 0 saturated heterocycles. The number of aromatic nitrogens is 2. The normalized spacial score (nSPS) is 10.4. The van der Waals surface area contributed by atoms with Crippen molar-refractivity contribution in [2.75, 3.05) is 10.6 Å². The van der Waals surface area contributed by atoms with Crippen molar-refractivity contribution in [1.29, 1.82) is 0 Å². The van der Waals surface area contributed by atoms with Crippen molar-refractivity contribution in [2.45, 2.75) is 0 Å². The number of rotatable bonds is 4. The molecule has 0 spiro atoms. The van der Waals surface area contributed by atoms with Gasteiger partial charge in [0.1, 0.15) is 18.0 Å². The molecule has 0 bridgehead atoms. The molecule has 2 N–H and O–H groups in total. The van der Waals surface area contributed by atoms with Crippen molar-refractivity contribution in [3.63, 3.8) is 0 Å². The topological polar surface area (TPSA) is 66.9 Å². The van der Waals surface area contributed by atoms with E-state index in [9.17, 15) is 9.18 Å². The highest BCUT2D eigenvalue weighted by atomic mass is 35.5. The average molecular weight is 342 g/mol. The summed E-state index contributed by atoms with van der Waals surface area (Å²) in [6, 6.07) is 9.52. The van der Waals surface area contributed by atoms with E-state index in [1.54, 1.807) is 24.3 Å². The Labute approximate surface area is 142 Å². The van der Waals surface area contributed by atoms with Gasteiger partial charge in [0.25, 0.3) is 0 Å². The van der Waals surface area contributed by atoms with Crippen LogP contribution in [-0.4, -0.2) is 15.9 Å². The van der Waals surface area contributed by atoms with Crippen LogP contribution < -0.4 is 10.6 Å². The van der Waals surface area contributed by atoms with Crippen molar-refractivity contribution in [1.82, 2.24) is 9.97 Å². The molecule has 0 unspecified atom stereocenters. The van der Waals surface area contributed by atoms with E-state index >= 15 is 0 Å². The minimum absolute atomic E-state index is 0.0114. The second kappa shape index (κ2) is 6.64. The average Bonchev–Trinajstić information content (AvgIpc) is 2.58. The van der Waals surface area contributed by atoms with Gasteiger partial charge in [0.2, 0.25) is 5.91 Å². The zero-order chi connectivity index (χ0) is 17.1. The molecule has 7 heteroatoms. The Morgan fingerprint density at radius 2 is 1.96 bits per heavy atom. The van der Waals surface area contributed by atoms with Gasteiger partial charge in [-0.15, -0.1) is 0 Å². The van der Waals surface area contributed by atoms with Gasteiger partial charge in [-0.25, -0.2) is 14.4 Å². The van der Waals surface area contributed by atoms with Crippen molar-refractivity contribution < 1.29 is 9.18 Å². The molecule has 24 heavy (non-hydrogen) atoms. The molecule has 0 saturated carbocycles. The van der Waals surface area contributed by atoms with Gasteiger partial charge < -0.3 is 10.6 Å². The number of amides is 1. The second-order valence-electron chi connectivity index (χ2n) is 4.90. The lowest BCUT2D eigenvalue weighted by atomic mass is 10.0. The summed E-state index contributed by atoms with van der Waals surface area (Å²) in [5.74, 6) is -0.299. The number of hydrogen-bond donors (Lipinski definition) is 2. The summed E-state index contributed by atoms with van der Waals surface area (Å²) >= 11 is 5.79. The zero-order valence-corrected chi connectivity index (χ0v) is 13.1. The van der Waals surface area contributed by atoms with Gasteiger partial charge in [0.05, 0.1) is 10.5 Å². The predicted octanol–water partition coefficient (Wildman–Crippen LogP) is 4.29. The van der Waals surface area contributed by atoms with E-state index < -0.39 is 5.82 Å². The van der Waals surface area contributed by atoms with Crippen LogP contribution in [0.15, 0.2) is 55.4 Å². The second-order valence-corrected chi connectivity index (χ2v) is 5.31. The van der Waals surface area contributed by atoms with Crippen LogP contribution in [0.3, 0.4) is 0 Å². The molecule has 0 aliphatic rings. The molecule has 1 amide bonds. The van der Waals surface area contributed by atoms with Gasteiger partial charge in [0.15, 0.2) is 0 Å². The Morgan fingerprint density at radius 3 is 2.71 bits per heavy atom. The van der Waals surface area contributed by atoms with Crippen LogP contribution in [0.25, 0.3) is 10.9 Å². The molecule has 3 aromatic rings. The van der Waals surface area contributed by atoms with Gasteiger partial charge in [-0.05, 0) is 42.5 Å². The molecule has 0 aliphatic heterocycles. The van der Waals surface area contributed by atoms with Crippen LogP contribution in [0.5, 0.6) is 0 Å². The van der Waals surface area contributed by atoms with Crippen LogP contribution in [0.4, 0.5) is 21.6 Å². The van der Waals surface area contributed by atoms with E-state index in [0.29, 0.717) is 28.1 Å². The van der Waals surface area contributed by atoms with E-state index in [2.05, 4.69) is 27.2 Å². The molecule has 0 atom stereocenters. The molecule has 0 fully saturated rings. The molecule has 0 aliphatic carbocycles. The lowest BCUT2D eigenvalue weighted by Gasteiger charge is -2.10. The standard InChI is InChI=1S/C17H12ClFN4O/c1-2-16(24)22-10-4-6-15-12(7-10)17(21-9-20-15)23-11-3-5-14(19)13(18)8-11/h2-9H,1H2,(H,22,24)(H,20,21,23)/i16-1. The lowest BCUT2D eigenvalue weighted by Crippen LogP contribution is -2.07. The Balaban J connectivity index is 1.99. The maximum atomic E-state index is 13.3. The summed E-state index contributed by atoms with van der Waals surface area (Å²) in [5, 5.41) is 6.46. The first-order valence-electron chi connectivity index (χ1n) is 6.97. The third kappa shape index (κ3) is 3.33. The fourth-order valence-electron chi connectivity index (χ4n) is 2.14. The van der Waals surface area contributed by atoms with E-state index in [-0.39, 0.29) is 10.9 Å². The summed E-state index contributed by atoms with van der Waals surface area (Å²) in [6.45, 7) is 3.42. The number of nitrogens with zero attached hydrogens (tertiary/aromatic N) is 2. The molecule has 5 nitrogen and oxygen atoms in total. The maximum absolute atomic E-state index is 13.3. The fraction of sp³-hybridized carbons (Fsp3) is 0. The quantitative estimate of drug-likeness (QED) is 0.695. The molecule has 1 heterocycles. The number of anilines is 3. The third-order valence-electron chi connectivity index (χ3n) is 3.27. The number of halogens is 2. The maximum Gasteiger partial charge on any atom is 0.247 e. The van der Waals surface area contributed by atoms with Gasteiger partial charge >= 0.3 is 0 Å². The lowest BCUT2D eigenvalue weighted by molar-refractivity contribution is -0.111. The number of hydrogen-bond acceptors (Lipinski definition) is 4. The van der Waals surface area contributed by atoms with Gasteiger partial charge in [0, 0.05) is 16.8 Å². The molecule has 1 aromatic heterocycles. The Kier molecular flexibility index (Phi) is 4.39. The first-order valence-corrected chi connectivity index (χ1v) is 7.35. The van der Waals surface area contributed by atoms with Crippen LogP contribution in [0, 0.1) is 5.82 Å². The van der Waals surface area contributed by atoms with Crippen molar-refractivity contribution >= 4 is 45.6 Å². The fourth-order valence-corrected chi connectivity index (χ4v) is 2.32. The van der Waals surface area contributed by atoms with Crippen LogP contribution in [-0.2, 0) is 4.79 Å².